The Kier molecular flexibility index (Phi) is 3.25. The highest BCUT2D eigenvalue weighted by atomic mass is 16.5. The van der Waals surface area contributed by atoms with E-state index < -0.39 is 0 Å². The molecule has 0 saturated heterocycles. The summed E-state index contributed by atoms with van der Waals surface area (Å²) in [6.07, 6.45) is 2.85. The van der Waals surface area contributed by atoms with E-state index in [1.807, 2.05) is 17.9 Å². The number of aryl methyl sites for hydroxylation is 1. The van der Waals surface area contributed by atoms with Crippen LogP contribution < -0.4 is 10.1 Å². The van der Waals surface area contributed by atoms with E-state index in [0.29, 0.717) is 0 Å². The van der Waals surface area contributed by atoms with Gasteiger partial charge in [-0.05, 0) is 29.8 Å². The lowest BCUT2D eigenvalue weighted by molar-refractivity contribution is 0.357. The molecular weight excluding hydrogens is 238 g/mol. The van der Waals surface area contributed by atoms with Crippen molar-refractivity contribution in [1.29, 1.82) is 0 Å². The Morgan fingerprint density at radius 3 is 3.05 bits per heavy atom. The van der Waals surface area contributed by atoms with Crippen molar-refractivity contribution < 1.29 is 4.74 Å². The Morgan fingerprint density at radius 1 is 1.42 bits per heavy atom. The first-order valence-corrected chi connectivity index (χ1v) is 6.76. The van der Waals surface area contributed by atoms with Gasteiger partial charge in [0.05, 0.1) is 18.3 Å². The maximum atomic E-state index is 5.57. The maximum absolute atomic E-state index is 5.57. The zero-order valence-electron chi connectivity index (χ0n) is 11.4. The van der Waals surface area contributed by atoms with Crippen molar-refractivity contribution in [3.63, 3.8) is 0 Å². The van der Waals surface area contributed by atoms with Crippen LogP contribution in [-0.2, 0) is 13.5 Å². The van der Waals surface area contributed by atoms with Crippen LogP contribution in [0.1, 0.15) is 29.8 Å². The van der Waals surface area contributed by atoms with E-state index in [0.717, 1.165) is 25.3 Å². The maximum Gasteiger partial charge on any atom is 0.122 e. The van der Waals surface area contributed by atoms with Gasteiger partial charge in [-0.25, -0.2) is 0 Å². The minimum atomic E-state index is 0.184. The lowest BCUT2D eigenvalue weighted by Gasteiger charge is -2.19. The smallest absolute Gasteiger partial charge is 0.122 e. The predicted octanol–water partition coefficient (Wildman–Crippen LogP) is 2.05. The van der Waals surface area contributed by atoms with Crippen molar-refractivity contribution in [3.05, 3.63) is 47.3 Å². The van der Waals surface area contributed by atoms with E-state index in [4.69, 9.17) is 4.74 Å². The molecule has 4 heteroatoms. The molecule has 0 radical (unpaired) electrons. The molecule has 1 aliphatic heterocycles. The van der Waals surface area contributed by atoms with Crippen LogP contribution in [-0.4, -0.2) is 22.9 Å². The zero-order chi connectivity index (χ0) is 13.2. The molecule has 2 heterocycles. The van der Waals surface area contributed by atoms with Crippen LogP contribution in [0.2, 0.25) is 0 Å². The van der Waals surface area contributed by atoms with Crippen molar-refractivity contribution in [2.24, 2.45) is 7.05 Å². The number of rotatable bonds is 4. The third-order valence-electron chi connectivity index (χ3n) is 3.61. The Morgan fingerprint density at radius 2 is 2.32 bits per heavy atom. The second-order valence-corrected chi connectivity index (χ2v) is 4.84. The fourth-order valence-electron chi connectivity index (χ4n) is 2.65. The lowest BCUT2D eigenvalue weighted by Crippen LogP contribution is -2.24. The molecule has 2 aromatic rings. The van der Waals surface area contributed by atoms with Crippen LogP contribution in [0.25, 0.3) is 0 Å². The summed E-state index contributed by atoms with van der Waals surface area (Å²) in [5, 5.41) is 7.80. The summed E-state index contributed by atoms with van der Waals surface area (Å²) in [5.41, 5.74) is 3.76. The second kappa shape index (κ2) is 5.05. The number of ether oxygens (including phenoxy) is 1. The molecule has 1 N–H and O–H groups in total. The average Bonchev–Trinajstić information content (AvgIpc) is 3.03. The van der Waals surface area contributed by atoms with E-state index in [9.17, 15) is 0 Å². The molecule has 0 aliphatic carbocycles. The van der Waals surface area contributed by atoms with E-state index in [2.05, 4.69) is 41.6 Å². The molecule has 3 rings (SSSR count). The molecule has 0 bridgehead atoms. The molecule has 1 atom stereocenters. The van der Waals surface area contributed by atoms with Crippen molar-refractivity contribution in [3.8, 4) is 5.75 Å². The number of hydrogen-bond acceptors (Lipinski definition) is 3. The molecule has 100 valence electrons. The largest absolute Gasteiger partial charge is 0.493 e. The summed E-state index contributed by atoms with van der Waals surface area (Å²) in [6.45, 7) is 3.85. The molecule has 19 heavy (non-hydrogen) atoms. The topological polar surface area (TPSA) is 39.1 Å². The Hall–Kier alpha value is -1.81. The Balaban J connectivity index is 1.98. The first-order chi connectivity index (χ1) is 9.29. The summed E-state index contributed by atoms with van der Waals surface area (Å²) in [4.78, 5) is 0. The summed E-state index contributed by atoms with van der Waals surface area (Å²) in [7, 11) is 1.98. The van der Waals surface area contributed by atoms with Gasteiger partial charge in [-0.3, -0.25) is 4.68 Å². The summed E-state index contributed by atoms with van der Waals surface area (Å²) in [6, 6.07) is 8.73. The van der Waals surface area contributed by atoms with Crippen molar-refractivity contribution in [2.75, 3.05) is 13.2 Å². The van der Waals surface area contributed by atoms with Gasteiger partial charge in [0.1, 0.15) is 5.75 Å². The molecule has 0 saturated carbocycles. The zero-order valence-corrected chi connectivity index (χ0v) is 11.4. The molecule has 4 nitrogen and oxygen atoms in total. The molecule has 0 spiro atoms. The van der Waals surface area contributed by atoms with Gasteiger partial charge in [0.25, 0.3) is 0 Å². The molecular formula is C15H19N3O. The minimum absolute atomic E-state index is 0.184. The number of aromatic nitrogens is 2. The third kappa shape index (κ3) is 2.24. The predicted molar refractivity (Wildman–Crippen MR) is 74.4 cm³/mol. The van der Waals surface area contributed by atoms with Gasteiger partial charge in [-0.2, -0.15) is 5.10 Å². The monoisotopic (exact) mass is 257 g/mol. The minimum Gasteiger partial charge on any atom is -0.493 e. The van der Waals surface area contributed by atoms with E-state index >= 15 is 0 Å². The summed E-state index contributed by atoms with van der Waals surface area (Å²) >= 11 is 0. The number of benzene rings is 1. The van der Waals surface area contributed by atoms with Gasteiger partial charge < -0.3 is 10.1 Å². The van der Waals surface area contributed by atoms with E-state index in [1.165, 1.54) is 16.8 Å². The number of nitrogens with one attached hydrogen (secondary N) is 1. The highest BCUT2D eigenvalue weighted by Crippen LogP contribution is 2.30. The molecule has 1 aromatic heterocycles. The first-order valence-electron chi connectivity index (χ1n) is 6.76. The van der Waals surface area contributed by atoms with Gasteiger partial charge in [0.15, 0.2) is 0 Å². The van der Waals surface area contributed by atoms with Gasteiger partial charge in [-0.1, -0.05) is 19.1 Å². The van der Waals surface area contributed by atoms with Crippen LogP contribution in [0, 0.1) is 0 Å². The second-order valence-electron chi connectivity index (χ2n) is 4.84. The van der Waals surface area contributed by atoms with Gasteiger partial charge in [0, 0.05) is 19.7 Å². The van der Waals surface area contributed by atoms with Crippen LogP contribution >= 0.6 is 0 Å². The quantitative estimate of drug-likeness (QED) is 0.911. The van der Waals surface area contributed by atoms with Crippen LogP contribution in [0.15, 0.2) is 30.5 Å². The molecule has 1 aromatic carbocycles. The fourth-order valence-corrected chi connectivity index (χ4v) is 2.65. The Bertz CT molecular complexity index is 577. The normalized spacial score (nSPS) is 15.1. The van der Waals surface area contributed by atoms with Crippen LogP contribution in [0.4, 0.5) is 0 Å². The third-order valence-corrected chi connectivity index (χ3v) is 3.61. The van der Waals surface area contributed by atoms with Gasteiger partial charge >= 0.3 is 0 Å². The molecule has 0 amide bonds. The average molecular weight is 257 g/mol. The van der Waals surface area contributed by atoms with Crippen LogP contribution in [0.5, 0.6) is 5.75 Å². The van der Waals surface area contributed by atoms with Crippen molar-refractivity contribution in [2.45, 2.75) is 19.4 Å². The molecule has 1 unspecified atom stereocenters. The summed E-state index contributed by atoms with van der Waals surface area (Å²) < 4.78 is 7.50. The van der Waals surface area contributed by atoms with Gasteiger partial charge in [0.2, 0.25) is 0 Å². The van der Waals surface area contributed by atoms with Gasteiger partial charge in [-0.15, -0.1) is 0 Å². The Labute approximate surface area is 113 Å². The highest BCUT2D eigenvalue weighted by molar-refractivity contribution is 5.42. The molecule has 1 aliphatic rings. The fraction of sp³-hybridized carbons (Fsp3) is 0.400. The number of fused-ring (bicyclic) bond motifs is 1. The summed E-state index contributed by atoms with van der Waals surface area (Å²) in [5.74, 6) is 1.03. The van der Waals surface area contributed by atoms with Crippen molar-refractivity contribution >= 4 is 0 Å². The van der Waals surface area contributed by atoms with Crippen molar-refractivity contribution in [1.82, 2.24) is 15.1 Å². The standard InChI is InChI=1S/C15H19N3O/c1-3-16-15(13-6-8-17-18(13)2)12-4-5-14-11(10-12)7-9-19-14/h4-6,8,10,15-16H,3,7,9H2,1-2H3. The number of nitrogens with zero attached hydrogens (tertiary/aromatic N) is 2. The number of hydrogen-bond donors (Lipinski definition) is 1. The lowest BCUT2D eigenvalue weighted by atomic mass is 10.00. The van der Waals surface area contributed by atoms with E-state index in [1.54, 1.807) is 0 Å². The molecule has 0 fully saturated rings. The highest BCUT2D eigenvalue weighted by Gasteiger charge is 2.19. The van der Waals surface area contributed by atoms with Crippen LogP contribution in [0.3, 0.4) is 0 Å². The first kappa shape index (κ1) is 12.2. The SMILES string of the molecule is CCNC(c1ccc2c(c1)CCO2)c1ccnn1C. The van der Waals surface area contributed by atoms with E-state index in [-0.39, 0.29) is 6.04 Å².